The summed E-state index contributed by atoms with van der Waals surface area (Å²) in [6.45, 7) is 9.16. The standard InChI is InChI=1S/C8H16BrNO/c1-3-5-11-6-4-10-7-8(2)9/h10H,2-7H2,1H3. The molecule has 2 nitrogen and oxygen atoms in total. The number of hydrogen-bond acceptors (Lipinski definition) is 2. The number of ether oxygens (including phenoxy) is 1. The zero-order valence-electron chi connectivity index (χ0n) is 7.03. The highest BCUT2D eigenvalue weighted by molar-refractivity contribution is 9.11. The molecule has 0 aliphatic carbocycles. The monoisotopic (exact) mass is 221 g/mol. The fraction of sp³-hybridized carbons (Fsp3) is 0.750. The third-order valence-corrected chi connectivity index (χ3v) is 1.37. The zero-order chi connectivity index (χ0) is 8.53. The van der Waals surface area contributed by atoms with E-state index in [4.69, 9.17) is 4.74 Å². The highest BCUT2D eigenvalue weighted by Gasteiger charge is 1.88. The molecule has 0 rings (SSSR count). The van der Waals surface area contributed by atoms with Crippen molar-refractivity contribution >= 4 is 15.9 Å². The summed E-state index contributed by atoms with van der Waals surface area (Å²) < 4.78 is 6.24. The molecule has 0 aromatic carbocycles. The second-order valence-electron chi connectivity index (χ2n) is 2.31. The van der Waals surface area contributed by atoms with E-state index in [2.05, 4.69) is 34.7 Å². The van der Waals surface area contributed by atoms with Gasteiger partial charge in [-0.1, -0.05) is 29.4 Å². The Bertz CT molecular complexity index is 106. The van der Waals surface area contributed by atoms with Crippen LogP contribution in [0.5, 0.6) is 0 Å². The molecular formula is C8H16BrNO. The van der Waals surface area contributed by atoms with Crippen LogP contribution in [0, 0.1) is 0 Å². The van der Waals surface area contributed by atoms with Gasteiger partial charge in [0.2, 0.25) is 0 Å². The number of rotatable bonds is 7. The van der Waals surface area contributed by atoms with Crippen LogP contribution in [-0.2, 0) is 4.74 Å². The Hall–Kier alpha value is 0.140. The molecule has 3 heteroatoms. The first kappa shape index (κ1) is 11.1. The summed E-state index contributed by atoms with van der Waals surface area (Å²) in [4.78, 5) is 0. The molecule has 1 N–H and O–H groups in total. The second kappa shape index (κ2) is 8.24. The van der Waals surface area contributed by atoms with Crippen LogP contribution in [0.1, 0.15) is 13.3 Å². The number of hydrogen-bond donors (Lipinski definition) is 1. The van der Waals surface area contributed by atoms with Gasteiger partial charge in [-0.25, -0.2) is 0 Å². The molecule has 0 aromatic rings. The molecule has 0 spiro atoms. The van der Waals surface area contributed by atoms with E-state index >= 15 is 0 Å². The zero-order valence-corrected chi connectivity index (χ0v) is 8.61. The molecule has 0 unspecified atom stereocenters. The smallest absolute Gasteiger partial charge is 0.0591 e. The molecule has 0 fully saturated rings. The van der Waals surface area contributed by atoms with Crippen LogP contribution in [0.2, 0.25) is 0 Å². The fourth-order valence-electron chi connectivity index (χ4n) is 0.615. The summed E-state index contributed by atoms with van der Waals surface area (Å²) in [5.41, 5.74) is 0. The van der Waals surface area contributed by atoms with Gasteiger partial charge in [-0.05, 0) is 6.42 Å². The summed E-state index contributed by atoms with van der Waals surface area (Å²) in [6, 6.07) is 0. The molecular weight excluding hydrogens is 206 g/mol. The maximum absolute atomic E-state index is 5.26. The van der Waals surface area contributed by atoms with Gasteiger partial charge in [-0.3, -0.25) is 0 Å². The lowest BCUT2D eigenvalue weighted by Crippen LogP contribution is -2.20. The van der Waals surface area contributed by atoms with E-state index in [-0.39, 0.29) is 0 Å². The van der Waals surface area contributed by atoms with Crippen LogP contribution >= 0.6 is 15.9 Å². The Morgan fingerprint density at radius 3 is 2.82 bits per heavy atom. The molecule has 0 radical (unpaired) electrons. The van der Waals surface area contributed by atoms with E-state index in [1.165, 1.54) is 0 Å². The number of halogens is 1. The molecule has 0 amide bonds. The summed E-state index contributed by atoms with van der Waals surface area (Å²) in [7, 11) is 0. The van der Waals surface area contributed by atoms with Crippen molar-refractivity contribution in [2.75, 3.05) is 26.3 Å². The van der Waals surface area contributed by atoms with E-state index in [9.17, 15) is 0 Å². The lowest BCUT2D eigenvalue weighted by atomic mass is 10.5. The molecule has 0 bridgehead atoms. The summed E-state index contributed by atoms with van der Waals surface area (Å²) >= 11 is 3.26. The van der Waals surface area contributed by atoms with Crippen LogP contribution in [0.3, 0.4) is 0 Å². The summed E-state index contributed by atoms with van der Waals surface area (Å²) in [6.07, 6.45) is 1.09. The van der Waals surface area contributed by atoms with Gasteiger partial charge in [0, 0.05) is 24.2 Å². The van der Waals surface area contributed by atoms with Crippen LogP contribution in [0.4, 0.5) is 0 Å². The van der Waals surface area contributed by atoms with Gasteiger partial charge in [-0.15, -0.1) is 0 Å². The minimum absolute atomic E-state index is 0.786. The third kappa shape index (κ3) is 10.1. The van der Waals surface area contributed by atoms with Crippen LogP contribution in [-0.4, -0.2) is 26.3 Å². The topological polar surface area (TPSA) is 21.3 Å². The van der Waals surface area contributed by atoms with Gasteiger partial charge in [0.1, 0.15) is 0 Å². The Morgan fingerprint density at radius 1 is 1.55 bits per heavy atom. The molecule has 0 aromatic heterocycles. The molecule has 0 atom stereocenters. The van der Waals surface area contributed by atoms with Crippen LogP contribution in [0.25, 0.3) is 0 Å². The first-order valence-electron chi connectivity index (χ1n) is 3.89. The highest BCUT2D eigenvalue weighted by atomic mass is 79.9. The van der Waals surface area contributed by atoms with Gasteiger partial charge in [0.15, 0.2) is 0 Å². The SMILES string of the molecule is C=C(Br)CNCCOCCC. The first-order chi connectivity index (χ1) is 5.27. The van der Waals surface area contributed by atoms with Crippen molar-refractivity contribution in [3.8, 4) is 0 Å². The highest BCUT2D eigenvalue weighted by Crippen LogP contribution is 1.95. The normalized spacial score (nSPS) is 10.0. The minimum Gasteiger partial charge on any atom is -0.380 e. The Labute approximate surface area is 77.1 Å². The lowest BCUT2D eigenvalue weighted by molar-refractivity contribution is 0.137. The molecule has 66 valence electrons. The first-order valence-corrected chi connectivity index (χ1v) is 4.68. The quantitative estimate of drug-likeness (QED) is 0.664. The van der Waals surface area contributed by atoms with Crippen molar-refractivity contribution in [1.82, 2.24) is 5.32 Å². The maximum Gasteiger partial charge on any atom is 0.0591 e. The van der Waals surface area contributed by atoms with E-state index < -0.39 is 0 Å². The fourth-order valence-corrected chi connectivity index (χ4v) is 0.813. The summed E-state index contributed by atoms with van der Waals surface area (Å²) in [5.74, 6) is 0. The van der Waals surface area contributed by atoms with E-state index in [1.54, 1.807) is 0 Å². The van der Waals surface area contributed by atoms with Gasteiger partial charge in [0.05, 0.1) is 6.61 Å². The van der Waals surface area contributed by atoms with Gasteiger partial charge < -0.3 is 10.1 Å². The van der Waals surface area contributed by atoms with Crippen LogP contribution in [0.15, 0.2) is 11.1 Å². The lowest BCUT2D eigenvalue weighted by Gasteiger charge is -2.03. The van der Waals surface area contributed by atoms with Crippen molar-refractivity contribution in [1.29, 1.82) is 0 Å². The molecule has 0 heterocycles. The van der Waals surface area contributed by atoms with Crippen molar-refractivity contribution in [3.05, 3.63) is 11.1 Å². The average Bonchev–Trinajstić information content (AvgIpc) is 1.96. The molecule has 11 heavy (non-hydrogen) atoms. The summed E-state index contributed by atoms with van der Waals surface area (Å²) in [5, 5.41) is 3.17. The minimum atomic E-state index is 0.786. The van der Waals surface area contributed by atoms with Crippen molar-refractivity contribution in [3.63, 3.8) is 0 Å². The van der Waals surface area contributed by atoms with Gasteiger partial charge in [-0.2, -0.15) is 0 Å². The Morgan fingerprint density at radius 2 is 2.27 bits per heavy atom. The predicted molar refractivity (Wildman–Crippen MR) is 52.0 cm³/mol. The Kier molecular flexibility index (Phi) is 8.34. The molecule has 0 aliphatic heterocycles. The van der Waals surface area contributed by atoms with E-state index in [0.29, 0.717) is 0 Å². The van der Waals surface area contributed by atoms with Gasteiger partial charge in [0.25, 0.3) is 0 Å². The predicted octanol–water partition coefficient (Wildman–Crippen LogP) is 1.91. The van der Waals surface area contributed by atoms with E-state index in [0.717, 1.165) is 37.2 Å². The third-order valence-electron chi connectivity index (χ3n) is 1.09. The molecule has 0 saturated heterocycles. The largest absolute Gasteiger partial charge is 0.380 e. The molecule has 0 aliphatic rings. The average molecular weight is 222 g/mol. The van der Waals surface area contributed by atoms with Crippen molar-refractivity contribution < 1.29 is 4.74 Å². The molecule has 0 saturated carbocycles. The second-order valence-corrected chi connectivity index (χ2v) is 3.43. The maximum atomic E-state index is 5.26. The van der Waals surface area contributed by atoms with Crippen molar-refractivity contribution in [2.45, 2.75) is 13.3 Å². The Balaban J connectivity index is 2.85. The van der Waals surface area contributed by atoms with Gasteiger partial charge >= 0.3 is 0 Å². The van der Waals surface area contributed by atoms with Crippen molar-refractivity contribution in [2.24, 2.45) is 0 Å². The van der Waals surface area contributed by atoms with Crippen LogP contribution < -0.4 is 5.32 Å². The number of nitrogens with one attached hydrogen (secondary N) is 1. The van der Waals surface area contributed by atoms with E-state index in [1.807, 2.05) is 0 Å².